The highest BCUT2D eigenvalue weighted by atomic mass is 32.1. The Morgan fingerprint density at radius 3 is 2.74 bits per heavy atom. The number of ether oxygens (including phenoxy) is 1. The summed E-state index contributed by atoms with van der Waals surface area (Å²) in [5.41, 5.74) is 0. The summed E-state index contributed by atoms with van der Waals surface area (Å²) in [5, 5.41) is 3.25. The summed E-state index contributed by atoms with van der Waals surface area (Å²) in [5.74, 6) is 7.52. The summed E-state index contributed by atoms with van der Waals surface area (Å²) in [6.07, 6.45) is 4.03. The number of anilines is 1. The van der Waals surface area contributed by atoms with Crippen molar-refractivity contribution in [1.29, 1.82) is 0 Å². The van der Waals surface area contributed by atoms with Crippen molar-refractivity contribution in [3.63, 3.8) is 0 Å². The number of thiophene rings is 1. The van der Waals surface area contributed by atoms with Crippen LogP contribution >= 0.6 is 11.3 Å². The summed E-state index contributed by atoms with van der Waals surface area (Å²) >= 11 is 1.67. The Hall–Kier alpha value is -1.72. The van der Waals surface area contributed by atoms with Crippen molar-refractivity contribution in [3.8, 4) is 11.8 Å². The van der Waals surface area contributed by atoms with E-state index in [1.54, 1.807) is 17.7 Å². The number of hydrogen-bond acceptors (Lipinski definition) is 7. The highest BCUT2D eigenvalue weighted by Gasteiger charge is 2.22. The molecule has 2 aliphatic rings. The molecule has 0 bridgehead atoms. The molecule has 2 fully saturated rings. The van der Waals surface area contributed by atoms with Crippen molar-refractivity contribution >= 4 is 27.4 Å². The van der Waals surface area contributed by atoms with Gasteiger partial charge in [-0.3, -0.25) is 4.90 Å². The van der Waals surface area contributed by atoms with Gasteiger partial charge in [-0.25, -0.2) is 9.97 Å². The van der Waals surface area contributed by atoms with E-state index in [0.29, 0.717) is 12.7 Å². The van der Waals surface area contributed by atoms with E-state index in [4.69, 9.17) is 4.74 Å². The molecule has 0 aliphatic carbocycles. The Bertz CT molecular complexity index is 797. The van der Waals surface area contributed by atoms with Gasteiger partial charge in [0.25, 0.3) is 0 Å². The lowest BCUT2D eigenvalue weighted by Gasteiger charge is -2.32. The Morgan fingerprint density at radius 1 is 1.11 bits per heavy atom. The van der Waals surface area contributed by atoms with E-state index >= 15 is 0 Å². The third kappa shape index (κ3) is 4.77. The molecule has 0 amide bonds. The van der Waals surface area contributed by atoms with E-state index in [1.165, 1.54) is 0 Å². The fourth-order valence-electron chi connectivity index (χ4n) is 3.65. The van der Waals surface area contributed by atoms with Gasteiger partial charge in [-0.1, -0.05) is 11.8 Å². The molecule has 2 aliphatic heterocycles. The number of nitrogens with zero attached hydrogens (tertiary/aromatic N) is 5. The number of hydrogen-bond donors (Lipinski definition) is 0. The number of aromatic nitrogens is 2. The van der Waals surface area contributed by atoms with E-state index in [-0.39, 0.29) is 0 Å². The molecule has 2 aromatic rings. The van der Waals surface area contributed by atoms with Crippen LogP contribution in [0.4, 0.5) is 5.82 Å². The SMILES string of the molecule is CN1CCN(CC#CCOC2CCN(c3ncnc4sccc34)CC2)CC1. The third-order valence-electron chi connectivity index (χ3n) is 5.40. The average molecular weight is 386 g/mol. The predicted octanol–water partition coefficient (Wildman–Crippen LogP) is 1.93. The molecule has 0 saturated carbocycles. The van der Waals surface area contributed by atoms with Crippen LogP contribution in [0.5, 0.6) is 0 Å². The predicted molar refractivity (Wildman–Crippen MR) is 110 cm³/mol. The average Bonchev–Trinajstić information content (AvgIpc) is 3.19. The molecular formula is C20H27N5OS. The minimum Gasteiger partial charge on any atom is -0.365 e. The molecule has 0 radical (unpaired) electrons. The molecule has 0 N–H and O–H groups in total. The monoisotopic (exact) mass is 385 g/mol. The zero-order valence-corrected chi connectivity index (χ0v) is 16.7. The van der Waals surface area contributed by atoms with E-state index in [0.717, 1.165) is 74.7 Å². The fourth-order valence-corrected chi connectivity index (χ4v) is 4.37. The summed E-state index contributed by atoms with van der Waals surface area (Å²) < 4.78 is 5.99. The quantitative estimate of drug-likeness (QED) is 0.750. The molecule has 4 heterocycles. The largest absolute Gasteiger partial charge is 0.365 e. The second kappa shape index (κ2) is 8.98. The lowest BCUT2D eigenvalue weighted by Crippen LogP contribution is -2.44. The fraction of sp³-hybridized carbons (Fsp3) is 0.600. The molecule has 2 aromatic heterocycles. The van der Waals surface area contributed by atoms with Gasteiger partial charge in [0.1, 0.15) is 23.6 Å². The molecule has 0 aromatic carbocycles. The highest BCUT2D eigenvalue weighted by molar-refractivity contribution is 7.16. The number of piperidine rings is 1. The van der Waals surface area contributed by atoms with Crippen LogP contribution in [0.15, 0.2) is 17.8 Å². The molecule has 144 valence electrons. The lowest BCUT2D eigenvalue weighted by molar-refractivity contribution is 0.0593. The van der Waals surface area contributed by atoms with E-state index < -0.39 is 0 Å². The number of piperazine rings is 1. The first kappa shape index (κ1) is 18.6. The lowest BCUT2D eigenvalue weighted by atomic mass is 10.1. The first-order chi connectivity index (χ1) is 13.3. The molecule has 7 heteroatoms. The second-order valence-electron chi connectivity index (χ2n) is 7.27. The van der Waals surface area contributed by atoms with E-state index in [9.17, 15) is 0 Å². The minimum absolute atomic E-state index is 0.305. The Morgan fingerprint density at radius 2 is 1.93 bits per heavy atom. The first-order valence-electron chi connectivity index (χ1n) is 9.71. The molecule has 4 rings (SSSR count). The smallest absolute Gasteiger partial charge is 0.140 e. The maximum absolute atomic E-state index is 5.99. The second-order valence-corrected chi connectivity index (χ2v) is 8.16. The van der Waals surface area contributed by atoms with Crippen molar-refractivity contribution in [1.82, 2.24) is 19.8 Å². The minimum atomic E-state index is 0.305. The van der Waals surface area contributed by atoms with Crippen molar-refractivity contribution in [2.45, 2.75) is 18.9 Å². The number of rotatable bonds is 4. The third-order valence-corrected chi connectivity index (χ3v) is 6.22. The molecule has 0 spiro atoms. The molecule has 0 atom stereocenters. The van der Waals surface area contributed by atoms with Crippen molar-refractivity contribution in [2.24, 2.45) is 0 Å². The van der Waals surface area contributed by atoms with Gasteiger partial charge in [0, 0.05) is 39.3 Å². The van der Waals surface area contributed by atoms with Gasteiger partial charge in [0.2, 0.25) is 0 Å². The van der Waals surface area contributed by atoms with Crippen LogP contribution in [0.3, 0.4) is 0 Å². The van der Waals surface area contributed by atoms with Gasteiger partial charge in [0.05, 0.1) is 18.0 Å². The van der Waals surface area contributed by atoms with Crippen molar-refractivity contribution in [2.75, 3.05) is 64.4 Å². The normalized spacial score (nSPS) is 20.0. The van der Waals surface area contributed by atoms with Crippen molar-refractivity contribution in [3.05, 3.63) is 17.8 Å². The first-order valence-corrected chi connectivity index (χ1v) is 10.6. The maximum Gasteiger partial charge on any atom is 0.140 e. The molecular weight excluding hydrogens is 358 g/mol. The molecule has 0 unspecified atom stereocenters. The summed E-state index contributed by atoms with van der Waals surface area (Å²) in [6.45, 7) is 7.86. The van der Waals surface area contributed by atoms with Crippen LogP contribution in [0.2, 0.25) is 0 Å². The van der Waals surface area contributed by atoms with Crippen LogP contribution < -0.4 is 4.90 Å². The van der Waals surface area contributed by atoms with Crippen LogP contribution in [0.25, 0.3) is 10.2 Å². The summed E-state index contributed by atoms with van der Waals surface area (Å²) in [6, 6.07) is 2.12. The van der Waals surface area contributed by atoms with Crippen LogP contribution in [-0.4, -0.2) is 85.3 Å². The standard InChI is InChI=1S/C20H27N5OS/c1-23-10-12-24(13-11-23)7-2-3-14-26-17-4-8-25(9-5-17)19-18-6-15-27-20(18)22-16-21-19/h6,15-17H,4-5,7-14H2,1H3. The zero-order chi connectivity index (χ0) is 18.5. The molecule has 27 heavy (non-hydrogen) atoms. The topological polar surface area (TPSA) is 44.7 Å². The van der Waals surface area contributed by atoms with Gasteiger partial charge in [-0.2, -0.15) is 0 Å². The number of fused-ring (bicyclic) bond motifs is 1. The number of likely N-dealkylation sites (N-methyl/N-ethyl adjacent to an activating group) is 1. The molecule has 2 saturated heterocycles. The van der Waals surface area contributed by atoms with Gasteiger partial charge in [-0.15, -0.1) is 11.3 Å². The van der Waals surface area contributed by atoms with Gasteiger partial charge < -0.3 is 14.5 Å². The van der Waals surface area contributed by atoms with E-state index in [2.05, 4.69) is 55.0 Å². The van der Waals surface area contributed by atoms with Gasteiger partial charge >= 0.3 is 0 Å². The highest BCUT2D eigenvalue weighted by Crippen LogP contribution is 2.28. The summed E-state index contributed by atoms with van der Waals surface area (Å²) in [4.78, 5) is 17.1. The van der Waals surface area contributed by atoms with Gasteiger partial charge in [0.15, 0.2) is 0 Å². The summed E-state index contributed by atoms with van der Waals surface area (Å²) in [7, 11) is 2.18. The molecule has 6 nitrogen and oxygen atoms in total. The van der Waals surface area contributed by atoms with Crippen LogP contribution in [-0.2, 0) is 4.74 Å². The van der Waals surface area contributed by atoms with Gasteiger partial charge in [-0.05, 0) is 31.3 Å². The Kier molecular flexibility index (Phi) is 6.20. The van der Waals surface area contributed by atoms with Crippen molar-refractivity contribution < 1.29 is 4.74 Å². The zero-order valence-electron chi connectivity index (χ0n) is 15.9. The Labute approximate surface area is 165 Å². The van der Waals surface area contributed by atoms with Crippen LogP contribution in [0, 0.1) is 11.8 Å². The Balaban J connectivity index is 1.19. The van der Waals surface area contributed by atoms with E-state index in [1.807, 2.05) is 0 Å². The van der Waals surface area contributed by atoms with Crippen LogP contribution in [0.1, 0.15) is 12.8 Å². The maximum atomic E-state index is 5.99.